The summed E-state index contributed by atoms with van der Waals surface area (Å²) in [7, 11) is -4.79. The smallest absolute Gasteiger partial charge is 0.244 e. The molecule has 148 valence electrons. The van der Waals surface area contributed by atoms with Gasteiger partial charge in [-0.05, 0) is 12.8 Å². The molecule has 0 aromatic heterocycles. The number of nitrogens with one attached hydrogen (secondary N) is 1. The van der Waals surface area contributed by atoms with E-state index in [4.69, 9.17) is 10.2 Å². The summed E-state index contributed by atoms with van der Waals surface area (Å²) in [6.45, 7) is -0.326. The summed E-state index contributed by atoms with van der Waals surface area (Å²) in [6, 6.07) is -0.184. The SMILES string of the molecule is NS(=O)(=O)c1c(F)c(F)c(SCCO)c(NC2CCCCCCC2)c1F. The lowest BCUT2D eigenvalue weighted by Gasteiger charge is -2.25. The van der Waals surface area contributed by atoms with Gasteiger partial charge in [0.15, 0.2) is 22.3 Å². The molecule has 0 saturated heterocycles. The quantitative estimate of drug-likeness (QED) is 0.492. The van der Waals surface area contributed by atoms with Gasteiger partial charge in [0, 0.05) is 11.8 Å². The number of halogens is 3. The van der Waals surface area contributed by atoms with Crippen molar-refractivity contribution in [1.82, 2.24) is 0 Å². The van der Waals surface area contributed by atoms with Crippen LogP contribution in [0.2, 0.25) is 0 Å². The maximum Gasteiger partial charge on any atom is 0.244 e. The van der Waals surface area contributed by atoms with Crippen LogP contribution in [0.25, 0.3) is 0 Å². The normalized spacial score (nSPS) is 17.0. The third-order valence-corrected chi connectivity index (χ3v) is 6.30. The van der Waals surface area contributed by atoms with Crippen LogP contribution in [0.1, 0.15) is 44.9 Å². The molecule has 0 amide bonds. The molecule has 2 rings (SSSR count). The number of hydrogen-bond donors (Lipinski definition) is 3. The zero-order valence-corrected chi connectivity index (χ0v) is 15.9. The molecule has 1 fully saturated rings. The van der Waals surface area contributed by atoms with Crippen molar-refractivity contribution in [1.29, 1.82) is 0 Å². The predicted octanol–water partition coefficient (Wildman–Crippen LogP) is 3.36. The molecule has 4 N–H and O–H groups in total. The monoisotopic (exact) mass is 412 g/mol. The Hall–Kier alpha value is -0.970. The van der Waals surface area contributed by atoms with Gasteiger partial charge in [-0.2, -0.15) is 0 Å². The first-order valence-electron chi connectivity index (χ1n) is 8.50. The third-order valence-electron chi connectivity index (χ3n) is 4.31. The molecule has 26 heavy (non-hydrogen) atoms. The summed E-state index contributed by atoms with van der Waals surface area (Å²) in [5.41, 5.74) is -0.406. The van der Waals surface area contributed by atoms with Gasteiger partial charge in [0.2, 0.25) is 10.0 Å². The first-order valence-corrected chi connectivity index (χ1v) is 11.0. The van der Waals surface area contributed by atoms with Gasteiger partial charge in [-0.3, -0.25) is 0 Å². The van der Waals surface area contributed by atoms with Crippen LogP contribution in [-0.4, -0.2) is 31.9 Å². The number of anilines is 1. The van der Waals surface area contributed by atoms with Crippen molar-refractivity contribution in [2.45, 2.75) is 60.8 Å². The molecular formula is C16H23F3N2O3S2. The van der Waals surface area contributed by atoms with Gasteiger partial charge in [0.05, 0.1) is 17.2 Å². The predicted molar refractivity (Wildman–Crippen MR) is 95.2 cm³/mol. The maximum absolute atomic E-state index is 14.8. The first kappa shape index (κ1) is 21.3. The van der Waals surface area contributed by atoms with E-state index >= 15 is 0 Å². The summed E-state index contributed by atoms with van der Waals surface area (Å²) in [6.07, 6.45) is 6.44. The minimum absolute atomic E-state index is 0.00384. The molecule has 0 spiro atoms. The largest absolute Gasteiger partial charge is 0.396 e. The lowest BCUT2D eigenvalue weighted by Crippen LogP contribution is -2.24. The van der Waals surface area contributed by atoms with Gasteiger partial charge in [-0.25, -0.2) is 26.7 Å². The average molecular weight is 412 g/mol. The van der Waals surface area contributed by atoms with Gasteiger partial charge < -0.3 is 10.4 Å². The van der Waals surface area contributed by atoms with Crippen LogP contribution in [0.5, 0.6) is 0 Å². The molecule has 0 radical (unpaired) electrons. The van der Waals surface area contributed by atoms with E-state index in [0.717, 1.165) is 32.1 Å². The Morgan fingerprint density at radius 1 is 1.04 bits per heavy atom. The summed E-state index contributed by atoms with van der Waals surface area (Å²) in [4.78, 5) is -1.86. The molecule has 1 aromatic rings. The highest BCUT2D eigenvalue weighted by atomic mass is 32.2. The van der Waals surface area contributed by atoms with Crippen molar-refractivity contribution in [3.63, 3.8) is 0 Å². The molecule has 1 aliphatic carbocycles. The highest BCUT2D eigenvalue weighted by Gasteiger charge is 2.32. The minimum Gasteiger partial charge on any atom is -0.396 e. The fourth-order valence-corrected chi connectivity index (χ4v) is 4.58. The zero-order chi connectivity index (χ0) is 19.3. The van der Waals surface area contributed by atoms with Gasteiger partial charge in [0.25, 0.3) is 0 Å². The average Bonchev–Trinajstić information content (AvgIpc) is 2.52. The van der Waals surface area contributed by atoms with Crippen molar-refractivity contribution in [2.24, 2.45) is 5.14 Å². The Balaban J connectivity index is 2.50. The van der Waals surface area contributed by atoms with E-state index in [2.05, 4.69) is 5.32 Å². The molecular weight excluding hydrogens is 389 g/mol. The third kappa shape index (κ3) is 5.05. The molecule has 1 saturated carbocycles. The van der Waals surface area contributed by atoms with Crippen LogP contribution in [0.4, 0.5) is 18.9 Å². The van der Waals surface area contributed by atoms with Crippen LogP contribution in [0, 0.1) is 17.5 Å². The maximum atomic E-state index is 14.8. The van der Waals surface area contributed by atoms with Crippen LogP contribution >= 0.6 is 11.8 Å². The van der Waals surface area contributed by atoms with Gasteiger partial charge in [0.1, 0.15) is 0 Å². The van der Waals surface area contributed by atoms with Crippen LogP contribution in [0.3, 0.4) is 0 Å². The van der Waals surface area contributed by atoms with Gasteiger partial charge >= 0.3 is 0 Å². The summed E-state index contributed by atoms with van der Waals surface area (Å²) >= 11 is 0.716. The van der Waals surface area contributed by atoms with Crippen molar-refractivity contribution in [3.8, 4) is 0 Å². The fraction of sp³-hybridized carbons (Fsp3) is 0.625. The van der Waals surface area contributed by atoms with E-state index in [1.54, 1.807) is 0 Å². The molecule has 10 heteroatoms. The molecule has 5 nitrogen and oxygen atoms in total. The number of rotatable bonds is 6. The number of aliphatic hydroxyl groups is 1. The number of nitrogens with two attached hydrogens (primary N) is 1. The van der Waals surface area contributed by atoms with Crippen LogP contribution in [-0.2, 0) is 10.0 Å². The molecule has 0 bridgehead atoms. The van der Waals surface area contributed by atoms with E-state index in [-0.39, 0.29) is 23.3 Å². The van der Waals surface area contributed by atoms with E-state index in [9.17, 15) is 21.6 Å². The van der Waals surface area contributed by atoms with E-state index < -0.39 is 38.1 Å². The number of sulfonamides is 1. The summed E-state index contributed by atoms with van der Waals surface area (Å²) in [5, 5.41) is 16.7. The summed E-state index contributed by atoms with van der Waals surface area (Å²) in [5.74, 6) is -4.74. The van der Waals surface area contributed by atoms with Crippen LogP contribution in [0.15, 0.2) is 9.79 Å². The fourth-order valence-electron chi connectivity index (χ4n) is 3.09. The molecule has 0 heterocycles. The Labute approximate surface area is 155 Å². The lowest BCUT2D eigenvalue weighted by molar-refractivity contribution is 0.322. The molecule has 0 aliphatic heterocycles. The second-order valence-electron chi connectivity index (χ2n) is 6.28. The highest BCUT2D eigenvalue weighted by molar-refractivity contribution is 7.99. The Morgan fingerprint density at radius 2 is 1.62 bits per heavy atom. The molecule has 1 aliphatic rings. The van der Waals surface area contributed by atoms with Gasteiger partial charge in [-0.1, -0.05) is 32.1 Å². The molecule has 0 atom stereocenters. The van der Waals surface area contributed by atoms with Crippen molar-refractivity contribution in [2.75, 3.05) is 17.7 Å². The Bertz CT molecular complexity index is 737. The first-order chi connectivity index (χ1) is 12.3. The van der Waals surface area contributed by atoms with Crippen LogP contribution < -0.4 is 10.5 Å². The lowest BCUT2D eigenvalue weighted by atomic mass is 9.96. The van der Waals surface area contributed by atoms with Crippen molar-refractivity contribution < 1.29 is 26.7 Å². The number of benzene rings is 1. The van der Waals surface area contributed by atoms with E-state index in [1.165, 1.54) is 0 Å². The number of hydrogen-bond acceptors (Lipinski definition) is 5. The number of primary sulfonamides is 1. The number of thioether (sulfide) groups is 1. The topological polar surface area (TPSA) is 92.4 Å². The second-order valence-corrected chi connectivity index (χ2v) is 8.88. The van der Waals surface area contributed by atoms with E-state index in [0.29, 0.717) is 24.6 Å². The standard InChI is InChI=1S/C16H23F3N2O3S2/c17-11-12(18)16(26(20,23)24)13(19)14(15(11)25-9-8-22)21-10-6-4-2-1-3-5-7-10/h10,21-22H,1-9H2,(H2,20,23,24). The minimum atomic E-state index is -4.79. The Morgan fingerprint density at radius 3 is 2.15 bits per heavy atom. The highest BCUT2D eigenvalue weighted by Crippen LogP contribution is 2.39. The van der Waals surface area contributed by atoms with Crippen molar-refractivity contribution >= 4 is 27.5 Å². The van der Waals surface area contributed by atoms with E-state index in [1.807, 2.05) is 0 Å². The van der Waals surface area contributed by atoms with Gasteiger partial charge in [-0.15, -0.1) is 11.8 Å². The summed E-state index contributed by atoms with van der Waals surface area (Å²) < 4.78 is 66.5. The number of aliphatic hydroxyl groups excluding tert-OH is 1. The molecule has 1 aromatic carbocycles. The zero-order valence-electron chi connectivity index (χ0n) is 14.2. The molecule has 0 unspecified atom stereocenters. The second kappa shape index (κ2) is 9.29. The van der Waals surface area contributed by atoms with Crippen molar-refractivity contribution in [3.05, 3.63) is 17.5 Å². The Kier molecular flexibility index (Phi) is 7.63.